The van der Waals surface area contributed by atoms with E-state index in [1.165, 1.54) is 31.7 Å². The van der Waals surface area contributed by atoms with Crippen molar-refractivity contribution in [1.82, 2.24) is 0 Å². The summed E-state index contributed by atoms with van der Waals surface area (Å²) in [5.74, 6) is 0.817. The van der Waals surface area contributed by atoms with Gasteiger partial charge in [0.15, 0.2) is 0 Å². The van der Waals surface area contributed by atoms with Gasteiger partial charge in [-0.2, -0.15) is 0 Å². The van der Waals surface area contributed by atoms with Crippen LogP contribution in [0.3, 0.4) is 0 Å². The molecule has 11 aromatic carbocycles. The number of furan rings is 1. The highest BCUT2D eigenvalue weighted by molar-refractivity contribution is 7.22. The first-order valence-electron chi connectivity index (χ1n) is 29.8. The van der Waals surface area contributed by atoms with Crippen LogP contribution in [0, 0.1) is 13.8 Å². The van der Waals surface area contributed by atoms with Crippen molar-refractivity contribution in [2.75, 3.05) is 19.6 Å². The molecule has 0 aliphatic carbocycles. The first-order valence-corrected chi connectivity index (χ1v) is 31.0. The maximum atomic E-state index is 8.46. The van der Waals surface area contributed by atoms with Crippen LogP contribution in [0.4, 0.5) is 68.2 Å². The monoisotopic (exact) mass is 1170 g/mol. The molecule has 428 valence electrons. The molecule has 13 aromatic rings. The van der Waals surface area contributed by atoms with Crippen molar-refractivity contribution in [2.24, 2.45) is 0 Å². The minimum atomic E-state index is -0.0573. The van der Waals surface area contributed by atoms with Gasteiger partial charge in [0.05, 0.1) is 27.8 Å². The van der Waals surface area contributed by atoms with E-state index in [4.69, 9.17) is 16.0 Å². The predicted molar refractivity (Wildman–Crippen MR) is 373 cm³/mol. The minimum absolute atomic E-state index is 0.0573. The zero-order valence-electron chi connectivity index (χ0n) is 50.5. The molecule has 0 N–H and O–H groups in total. The van der Waals surface area contributed by atoms with Gasteiger partial charge < -0.3 is 24.0 Å². The molecule has 2 heterocycles. The van der Waals surface area contributed by atoms with Crippen molar-refractivity contribution in [2.45, 2.75) is 66.2 Å². The van der Waals surface area contributed by atoms with Gasteiger partial charge in [0, 0.05) is 66.0 Å². The summed E-state index contributed by atoms with van der Waals surface area (Å²) in [7, 11) is 0. The molecule has 0 fully saturated rings. The van der Waals surface area contributed by atoms with E-state index in [1.807, 2.05) is 29.5 Å². The Morgan fingerprint density at radius 3 is 1.31 bits per heavy atom. The average molecular weight is 1170 g/mol. The van der Waals surface area contributed by atoms with Crippen LogP contribution in [0.25, 0.3) is 42.8 Å². The number of hydrogen-bond donors (Lipinski definition) is 0. The fourth-order valence-corrected chi connectivity index (χ4v) is 13.2. The Morgan fingerprint density at radius 1 is 0.345 bits per heavy atom. The van der Waals surface area contributed by atoms with E-state index in [0.29, 0.717) is 5.02 Å². The van der Waals surface area contributed by atoms with E-state index in [9.17, 15) is 0 Å². The number of rotatable bonds is 14. The standard InChI is InChI=1S/C80H69ClN4OS/c1-54-21-19-22-55(2)78(54)85(69-30-20-29-68(51-69)82(62-25-11-9-12-26-62)64-43-35-57(36-44-64)76-50-59-24-16-18-32-75(59)87-76)72-53-70(83(63-27-13-10-14-28-63)65-41-33-56(34-42-65)74-49-58-23-15-17-31-73(58)86-74)52-71(77(72)81)84(66-45-37-60(38-46-66)79(3,4)5)67-47-39-61(40-48-67)80(6,7)8/h9-53H,1-8H3. The van der Waals surface area contributed by atoms with E-state index in [1.54, 1.807) is 0 Å². The Kier molecular flexibility index (Phi) is 15.2. The maximum Gasteiger partial charge on any atom is 0.135 e. The zero-order valence-corrected chi connectivity index (χ0v) is 52.0. The summed E-state index contributed by atoms with van der Waals surface area (Å²) in [5.41, 5.74) is 19.1. The number of anilines is 12. The maximum absolute atomic E-state index is 8.46. The van der Waals surface area contributed by atoms with Crippen molar-refractivity contribution < 1.29 is 4.42 Å². The SMILES string of the molecule is Cc1cccc(C)c1N(c1cccc(N(c2ccccc2)c2ccc(-c3cc4ccccc4s3)cc2)c1)c1cc(N(c2ccccc2)c2ccc(-c3cc4ccccc4o3)cc2)cc(N(c2ccc(C(C)(C)C)cc2)c2ccc(C(C)(C)C)cc2)c1Cl. The number of halogens is 1. The summed E-state index contributed by atoms with van der Waals surface area (Å²) in [5, 5.41) is 2.91. The molecule has 0 radical (unpaired) electrons. The third-order valence-corrected chi connectivity index (χ3v) is 18.0. The number of hydrogen-bond acceptors (Lipinski definition) is 6. The molecule has 13 rings (SSSR count). The van der Waals surface area contributed by atoms with Gasteiger partial charge in [-0.1, -0.05) is 187 Å². The van der Waals surface area contributed by atoms with Crippen molar-refractivity contribution in [3.63, 3.8) is 0 Å². The van der Waals surface area contributed by atoms with Crippen LogP contribution in [-0.4, -0.2) is 0 Å². The van der Waals surface area contributed by atoms with E-state index < -0.39 is 0 Å². The molecule has 87 heavy (non-hydrogen) atoms. The molecule has 0 unspecified atom stereocenters. The molecule has 0 aliphatic rings. The Morgan fingerprint density at radius 2 is 0.770 bits per heavy atom. The van der Waals surface area contributed by atoms with Gasteiger partial charge in [-0.3, -0.25) is 0 Å². The van der Waals surface area contributed by atoms with Crippen LogP contribution >= 0.6 is 22.9 Å². The Balaban J connectivity index is 1.04. The quantitative estimate of drug-likeness (QED) is 0.108. The lowest BCUT2D eigenvalue weighted by Crippen LogP contribution is -2.19. The summed E-state index contributed by atoms with van der Waals surface area (Å²) < 4.78 is 7.70. The Hall–Kier alpha value is -9.59. The summed E-state index contributed by atoms with van der Waals surface area (Å²) in [6, 6.07) is 98.2. The molecule has 0 aliphatic heterocycles. The molecular weight excluding hydrogens is 1100 g/mol. The highest BCUT2D eigenvalue weighted by Crippen LogP contribution is 2.53. The van der Waals surface area contributed by atoms with Gasteiger partial charge >= 0.3 is 0 Å². The van der Waals surface area contributed by atoms with Crippen LogP contribution in [-0.2, 0) is 10.8 Å². The Bertz CT molecular complexity index is 4410. The van der Waals surface area contributed by atoms with Gasteiger partial charge in [-0.25, -0.2) is 0 Å². The Labute approximate surface area is 521 Å². The van der Waals surface area contributed by atoms with Gasteiger partial charge in [0.1, 0.15) is 11.3 Å². The topological polar surface area (TPSA) is 26.1 Å². The number of fused-ring (bicyclic) bond motifs is 2. The van der Waals surface area contributed by atoms with Crippen molar-refractivity contribution in [1.29, 1.82) is 0 Å². The molecule has 5 nitrogen and oxygen atoms in total. The number of aryl methyl sites for hydroxylation is 2. The third kappa shape index (κ3) is 11.4. The predicted octanol–water partition coefficient (Wildman–Crippen LogP) is 24.7. The van der Waals surface area contributed by atoms with Gasteiger partial charge in [-0.05, 0) is 197 Å². The van der Waals surface area contributed by atoms with Crippen molar-refractivity contribution >= 4 is 112 Å². The van der Waals surface area contributed by atoms with E-state index in [2.05, 4.69) is 330 Å². The number of benzene rings is 11. The first-order chi connectivity index (χ1) is 42.1. The summed E-state index contributed by atoms with van der Waals surface area (Å²) >= 11 is 10.3. The normalized spacial score (nSPS) is 11.7. The van der Waals surface area contributed by atoms with Gasteiger partial charge in [0.2, 0.25) is 0 Å². The average Bonchev–Trinajstić information content (AvgIpc) is 1.63. The van der Waals surface area contributed by atoms with E-state index in [0.717, 1.165) is 102 Å². The molecule has 0 saturated carbocycles. The van der Waals surface area contributed by atoms with Crippen LogP contribution in [0.1, 0.15) is 63.8 Å². The summed E-state index contributed by atoms with van der Waals surface area (Å²) in [4.78, 5) is 10.6. The lowest BCUT2D eigenvalue weighted by atomic mass is 9.86. The molecular formula is C80H69ClN4OS. The summed E-state index contributed by atoms with van der Waals surface area (Å²) in [6.45, 7) is 18.0. The number of nitrogens with zero attached hydrogens (tertiary/aromatic N) is 4. The molecule has 0 saturated heterocycles. The zero-order chi connectivity index (χ0) is 60.0. The smallest absolute Gasteiger partial charge is 0.135 e. The highest BCUT2D eigenvalue weighted by atomic mass is 35.5. The molecule has 0 atom stereocenters. The molecule has 2 aromatic heterocycles. The fourth-order valence-electron chi connectivity index (χ4n) is 11.8. The van der Waals surface area contributed by atoms with Gasteiger partial charge in [-0.15, -0.1) is 11.3 Å². The highest BCUT2D eigenvalue weighted by Gasteiger charge is 2.29. The van der Waals surface area contributed by atoms with Crippen LogP contribution in [0.2, 0.25) is 5.02 Å². The van der Waals surface area contributed by atoms with Crippen LogP contribution in [0.15, 0.2) is 277 Å². The third-order valence-electron chi connectivity index (χ3n) is 16.5. The molecule has 0 bridgehead atoms. The first kappa shape index (κ1) is 56.5. The summed E-state index contributed by atoms with van der Waals surface area (Å²) in [6.07, 6.45) is 0. The largest absolute Gasteiger partial charge is 0.456 e. The van der Waals surface area contributed by atoms with E-state index >= 15 is 0 Å². The van der Waals surface area contributed by atoms with E-state index in [-0.39, 0.29) is 10.8 Å². The molecule has 0 amide bonds. The lowest BCUT2D eigenvalue weighted by Gasteiger charge is -2.35. The van der Waals surface area contributed by atoms with Crippen LogP contribution < -0.4 is 19.6 Å². The number of thiophene rings is 1. The second kappa shape index (κ2) is 23.4. The van der Waals surface area contributed by atoms with Gasteiger partial charge in [0.25, 0.3) is 0 Å². The lowest BCUT2D eigenvalue weighted by molar-refractivity contribution is 0.590. The van der Waals surface area contributed by atoms with Crippen molar-refractivity contribution in [3.05, 3.63) is 300 Å². The van der Waals surface area contributed by atoms with Crippen LogP contribution in [0.5, 0.6) is 0 Å². The molecule has 7 heteroatoms. The molecule has 0 spiro atoms. The van der Waals surface area contributed by atoms with Crippen molar-refractivity contribution in [3.8, 4) is 21.8 Å². The number of para-hydroxylation sites is 4. The second-order valence-corrected chi connectivity index (χ2v) is 26.0. The fraction of sp³-hybridized carbons (Fsp3) is 0.125. The minimum Gasteiger partial charge on any atom is -0.456 e. The second-order valence-electron chi connectivity index (χ2n) is 24.6.